The van der Waals surface area contributed by atoms with E-state index in [1.807, 2.05) is 41.8 Å². The number of furan rings is 1. The molecule has 1 amide bonds. The molecule has 0 saturated carbocycles. The summed E-state index contributed by atoms with van der Waals surface area (Å²) in [5, 5.41) is 10.8. The van der Waals surface area contributed by atoms with Gasteiger partial charge in [-0.2, -0.15) is 0 Å². The van der Waals surface area contributed by atoms with E-state index in [0.717, 1.165) is 41.2 Å². The number of nitrogens with zero attached hydrogens (tertiary/aromatic N) is 3. The Morgan fingerprint density at radius 1 is 1.13 bits per heavy atom. The van der Waals surface area contributed by atoms with Crippen molar-refractivity contribution in [1.29, 1.82) is 0 Å². The number of thioether (sulfide) groups is 1. The molecular weight excluding hydrogens is 422 g/mol. The van der Waals surface area contributed by atoms with Crippen molar-refractivity contribution in [3.05, 3.63) is 78.3 Å². The summed E-state index contributed by atoms with van der Waals surface area (Å²) in [4.78, 5) is 12.6. The Bertz CT molecular complexity index is 1220. The third-order valence-electron chi connectivity index (χ3n) is 4.59. The molecule has 2 aromatic heterocycles. The van der Waals surface area contributed by atoms with Gasteiger partial charge in [-0.15, -0.1) is 10.2 Å². The van der Waals surface area contributed by atoms with Crippen LogP contribution in [0.4, 0.5) is 14.5 Å². The minimum atomic E-state index is -0.711. The average Bonchev–Trinajstić information content (AvgIpc) is 3.37. The zero-order valence-electron chi connectivity index (χ0n) is 16.7. The first-order valence-electron chi connectivity index (χ1n) is 9.42. The van der Waals surface area contributed by atoms with Crippen LogP contribution >= 0.6 is 11.8 Å². The molecule has 1 atom stereocenters. The van der Waals surface area contributed by atoms with Gasteiger partial charge < -0.3 is 9.73 Å². The monoisotopic (exact) mass is 440 g/mol. The minimum Gasteiger partial charge on any atom is -0.469 e. The molecule has 0 aliphatic heterocycles. The van der Waals surface area contributed by atoms with Crippen molar-refractivity contribution < 1.29 is 18.0 Å². The SMILES string of the molecule is Cc1occc1-c1nnc(SC(C)C(=O)Nc2cc(F)ccc2F)n1-c1ccccc1. The van der Waals surface area contributed by atoms with Gasteiger partial charge in [0, 0.05) is 11.8 Å². The molecule has 0 saturated heterocycles. The fraction of sp³-hybridized carbons (Fsp3) is 0.136. The number of para-hydroxylation sites is 1. The lowest BCUT2D eigenvalue weighted by Gasteiger charge is -2.14. The van der Waals surface area contributed by atoms with Crippen LogP contribution < -0.4 is 5.32 Å². The molecule has 2 aromatic carbocycles. The van der Waals surface area contributed by atoms with Crippen LogP contribution in [-0.4, -0.2) is 25.9 Å². The van der Waals surface area contributed by atoms with E-state index in [2.05, 4.69) is 15.5 Å². The zero-order valence-corrected chi connectivity index (χ0v) is 17.5. The van der Waals surface area contributed by atoms with Crippen LogP contribution in [0.5, 0.6) is 0 Å². The molecule has 0 radical (unpaired) electrons. The van der Waals surface area contributed by atoms with Crippen molar-refractivity contribution in [3.8, 4) is 17.1 Å². The first-order valence-corrected chi connectivity index (χ1v) is 10.3. The Labute approximate surface area is 181 Å². The number of benzene rings is 2. The highest BCUT2D eigenvalue weighted by Crippen LogP contribution is 2.32. The van der Waals surface area contributed by atoms with Crippen LogP contribution in [0.25, 0.3) is 17.1 Å². The number of hydrogen-bond acceptors (Lipinski definition) is 5. The van der Waals surface area contributed by atoms with Crippen LogP contribution in [0, 0.1) is 18.6 Å². The molecule has 0 bridgehead atoms. The minimum absolute atomic E-state index is 0.211. The molecule has 1 N–H and O–H groups in total. The zero-order chi connectivity index (χ0) is 22.0. The second-order valence-corrected chi connectivity index (χ2v) is 8.05. The molecule has 2 heterocycles. The van der Waals surface area contributed by atoms with Gasteiger partial charge in [-0.25, -0.2) is 8.78 Å². The summed E-state index contributed by atoms with van der Waals surface area (Å²) >= 11 is 1.16. The number of carbonyl (C=O) groups is 1. The Morgan fingerprint density at radius 3 is 2.61 bits per heavy atom. The lowest BCUT2D eigenvalue weighted by Crippen LogP contribution is -2.23. The van der Waals surface area contributed by atoms with Crippen LogP contribution in [-0.2, 0) is 4.79 Å². The molecule has 0 aliphatic rings. The number of rotatable bonds is 6. The molecule has 4 rings (SSSR count). The van der Waals surface area contributed by atoms with Gasteiger partial charge in [0.2, 0.25) is 5.91 Å². The van der Waals surface area contributed by atoms with E-state index in [4.69, 9.17) is 4.42 Å². The summed E-state index contributed by atoms with van der Waals surface area (Å²) < 4.78 is 34.5. The van der Waals surface area contributed by atoms with Gasteiger partial charge in [0.05, 0.1) is 22.8 Å². The number of hydrogen-bond donors (Lipinski definition) is 1. The summed E-state index contributed by atoms with van der Waals surface area (Å²) in [6.45, 7) is 3.49. The molecule has 0 spiro atoms. The molecule has 6 nitrogen and oxygen atoms in total. The molecule has 1 unspecified atom stereocenters. The topological polar surface area (TPSA) is 72.9 Å². The lowest BCUT2D eigenvalue weighted by atomic mass is 10.2. The van der Waals surface area contributed by atoms with Crippen molar-refractivity contribution in [3.63, 3.8) is 0 Å². The standard InChI is InChI=1S/C22H18F2N4O2S/c1-13-17(10-11-30-13)20-26-27-22(28(20)16-6-4-3-5-7-16)31-14(2)21(29)25-19-12-15(23)8-9-18(19)24/h3-12,14H,1-2H3,(H,25,29). The van der Waals surface area contributed by atoms with Gasteiger partial charge in [0.15, 0.2) is 11.0 Å². The fourth-order valence-corrected chi connectivity index (χ4v) is 3.85. The van der Waals surface area contributed by atoms with Crippen LogP contribution in [0.3, 0.4) is 0 Å². The third kappa shape index (κ3) is 4.36. The Hall–Kier alpha value is -3.46. The Kier molecular flexibility index (Phi) is 5.85. The maximum absolute atomic E-state index is 13.9. The van der Waals surface area contributed by atoms with Crippen LogP contribution in [0.2, 0.25) is 0 Å². The number of amides is 1. The molecule has 31 heavy (non-hydrogen) atoms. The van der Waals surface area contributed by atoms with E-state index in [1.54, 1.807) is 19.3 Å². The van der Waals surface area contributed by atoms with Gasteiger partial charge in [0.1, 0.15) is 17.4 Å². The van der Waals surface area contributed by atoms with Crippen molar-refractivity contribution >= 4 is 23.4 Å². The smallest absolute Gasteiger partial charge is 0.237 e. The van der Waals surface area contributed by atoms with Gasteiger partial charge >= 0.3 is 0 Å². The molecule has 158 valence electrons. The number of carbonyl (C=O) groups excluding carboxylic acids is 1. The fourth-order valence-electron chi connectivity index (χ4n) is 2.99. The van der Waals surface area contributed by atoms with E-state index in [-0.39, 0.29) is 5.69 Å². The van der Waals surface area contributed by atoms with Crippen LogP contribution in [0.15, 0.2) is 70.4 Å². The maximum atomic E-state index is 13.9. The second kappa shape index (κ2) is 8.73. The van der Waals surface area contributed by atoms with Gasteiger partial charge in [-0.05, 0) is 44.2 Å². The van der Waals surface area contributed by atoms with E-state index in [0.29, 0.717) is 16.7 Å². The lowest BCUT2D eigenvalue weighted by molar-refractivity contribution is -0.115. The molecule has 9 heteroatoms. The summed E-state index contributed by atoms with van der Waals surface area (Å²) in [6, 6.07) is 14.2. The van der Waals surface area contributed by atoms with E-state index in [1.165, 1.54) is 0 Å². The highest BCUT2D eigenvalue weighted by Gasteiger charge is 2.23. The van der Waals surface area contributed by atoms with Crippen molar-refractivity contribution in [2.45, 2.75) is 24.3 Å². The van der Waals surface area contributed by atoms with E-state index >= 15 is 0 Å². The Balaban J connectivity index is 1.64. The van der Waals surface area contributed by atoms with Gasteiger partial charge in [-0.1, -0.05) is 30.0 Å². The van der Waals surface area contributed by atoms with Crippen LogP contribution in [0.1, 0.15) is 12.7 Å². The first kappa shape index (κ1) is 20.8. The third-order valence-corrected chi connectivity index (χ3v) is 5.63. The van der Waals surface area contributed by atoms with Crippen molar-refractivity contribution in [2.75, 3.05) is 5.32 Å². The van der Waals surface area contributed by atoms with Crippen molar-refractivity contribution in [2.24, 2.45) is 0 Å². The number of aromatic nitrogens is 3. The van der Waals surface area contributed by atoms with E-state index in [9.17, 15) is 13.6 Å². The first-order chi connectivity index (χ1) is 14.9. The normalized spacial score (nSPS) is 12.0. The molecule has 4 aromatic rings. The summed E-state index contributed by atoms with van der Waals surface area (Å²) in [5.74, 6) is -0.575. The number of anilines is 1. The molecular formula is C22H18F2N4O2S. The quantitative estimate of drug-likeness (QED) is 0.416. The predicted octanol–water partition coefficient (Wildman–Crippen LogP) is 5.23. The number of aryl methyl sites for hydroxylation is 1. The van der Waals surface area contributed by atoms with Gasteiger partial charge in [0.25, 0.3) is 0 Å². The number of halogens is 2. The maximum Gasteiger partial charge on any atom is 0.237 e. The van der Waals surface area contributed by atoms with Gasteiger partial charge in [-0.3, -0.25) is 9.36 Å². The molecule has 0 aliphatic carbocycles. The summed E-state index contributed by atoms with van der Waals surface area (Å²) in [6.07, 6.45) is 1.57. The largest absolute Gasteiger partial charge is 0.469 e. The highest BCUT2D eigenvalue weighted by atomic mass is 32.2. The molecule has 0 fully saturated rings. The Morgan fingerprint density at radius 2 is 1.90 bits per heavy atom. The number of nitrogens with one attached hydrogen (secondary N) is 1. The van der Waals surface area contributed by atoms with Crippen molar-refractivity contribution in [1.82, 2.24) is 14.8 Å². The predicted molar refractivity (Wildman–Crippen MR) is 114 cm³/mol. The second-order valence-electron chi connectivity index (χ2n) is 6.74. The summed E-state index contributed by atoms with van der Waals surface area (Å²) in [5.41, 5.74) is 1.38. The average molecular weight is 440 g/mol. The van der Waals surface area contributed by atoms with E-state index < -0.39 is 22.8 Å². The summed E-state index contributed by atoms with van der Waals surface area (Å²) in [7, 11) is 0. The highest BCUT2D eigenvalue weighted by molar-refractivity contribution is 8.00.